The first kappa shape index (κ1) is 22.3. The Kier molecular flexibility index (Phi) is 5.49. The SMILES string of the molecule is Cc1ccc(-n2nccn2)c(C(=O)N2C3CC(C3)[C@@H](C)[C@H]2CNc2ccc(C(F)(F)F)cn2)n1. The van der Waals surface area contributed by atoms with Crippen LogP contribution in [0.3, 0.4) is 0 Å². The van der Waals surface area contributed by atoms with Crippen molar-refractivity contribution < 1.29 is 18.0 Å². The Morgan fingerprint density at radius 3 is 2.53 bits per heavy atom. The molecule has 3 aliphatic rings. The number of carbonyl (C=O) groups excluding carboxylic acids is 1. The number of nitrogens with one attached hydrogen (secondary N) is 1. The standard InChI is InChI=1S/C23H24F3N7O/c1-13-3-5-18(33-29-7-8-30-33)21(31-13)22(34)32-17-9-15(10-17)14(2)19(32)12-28-20-6-4-16(11-27-20)23(24,25)26/h3-8,11,14-15,17,19H,9-10,12H2,1-2H3,(H,27,28)/t14-,15?,17?,19-/m1/s1. The van der Waals surface area contributed by atoms with E-state index >= 15 is 0 Å². The van der Waals surface area contributed by atoms with Gasteiger partial charge in [0.2, 0.25) is 0 Å². The molecule has 1 saturated carbocycles. The van der Waals surface area contributed by atoms with Gasteiger partial charge in [-0.15, -0.1) is 4.80 Å². The lowest BCUT2D eigenvalue weighted by molar-refractivity contribution is -0.137. The van der Waals surface area contributed by atoms with Gasteiger partial charge in [0.05, 0.1) is 24.0 Å². The Labute approximate surface area is 194 Å². The highest BCUT2D eigenvalue weighted by atomic mass is 19.4. The number of aromatic nitrogens is 5. The van der Waals surface area contributed by atoms with E-state index in [0.717, 1.165) is 25.1 Å². The van der Waals surface area contributed by atoms with Crippen molar-refractivity contribution in [3.8, 4) is 5.69 Å². The molecular weight excluding hydrogens is 447 g/mol. The third-order valence-electron chi connectivity index (χ3n) is 6.92. The van der Waals surface area contributed by atoms with Crippen molar-refractivity contribution in [2.45, 2.75) is 44.9 Å². The maximum Gasteiger partial charge on any atom is 0.417 e. The van der Waals surface area contributed by atoms with Gasteiger partial charge in [-0.25, -0.2) is 9.97 Å². The second-order valence-corrected chi connectivity index (χ2v) is 8.97. The van der Waals surface area contributed by atoms with Crippen molar-refractivity contribution in [3.63, 3.8) is 0 Å². The molecule has 0 aromatic carbocycles. The molecule has 2 atom stereocenters. The summed E-state index contributed by atoms with van der Waals surface area (Å²) in [5, 5.41) is 11.5. The van der Waals surface area contributed by atoms with Crippen LogP contribution >= 0.6 is 0 Å². The molecule has 34 heavy (non-hydrogen) atoms. The average molecular weight is 471 g/mol. The Bertz CT molecular complexity index is 1170. The van der Waals surface area contributed by atoms with Crippen LogP contribution in [0.25, 0.3) is 5.69 Å². The van der Waals surface area contributed by atoms with Crippen molar-refractivity contribution in [2.75, 3.05) is 11.9 Å². The van der Waals surface area contributed by atoms with Gasteiger partial charge in [-0.3, -0.25) is 4.79 Å². The van der Waals surface area contributed by atoms with E-state index in [1.165, 1.54) is 23.3 Å². The molecule has 5 heterocycles. The van der Waals surface area contributed by atoms with Gasteiger partial charge in [-0.1, -0.05) is 6.92 Å². The van der Waals surface area contributed by atoms with E-state index < -0.39 is 11.7 Å². The smallest absolute Gasteiger partial charge is 0.368 e. The molecule has 11 heteroatoms. The van der Waals surface area contributed by atoms with Crippen LogP contribution in [-0.2, 0) is 6.18 Å². The molecule has 178 valence electrons. The Morgan fingerprint density at radius 2 is 1.88 bits per heavy atom. The zero-order chi connectivity index (χ0) is 24.0. The largest absolute Gasteiger partial charge is 0.417 e. The molecule has 3 fully saturated rings. The molecule has 2 bridgehead atoms. The fourth-order valence-corrected chi connectivity index (χ4v) is 4.93. The number of fused-ring (bicyclic) bond motifs is 2. The fraction of sp³-hybridized carbons (Fsp3) is 0.435. The molecule has 2 aliphatic heterocycles. The normalized spacial score (nSPS) is 24.0. The van der Waals surface area contributed by atoms with E-state index in [1.54, 1.807) is 6.07 Å². The monoisotopic (exact) mass is 471 g/mol. The lowest BCUT2D eigenvalue weighted by atomic mass is 9.64. The third-order valence-corrected chi connectivity index (χ3v) is 6.92. The van der Waals surface area contributed by atoms with E-state index in [1.807, 2.05) is 17.9 Å². The van der Waals surface area contributed by atoms with Crippen LogP contribution in [0, 0.1) is 18.8 Å². The van der Waals surface area contributed by atoms with Crippen LogP contribution in [-0.4, -0.2) is 54.4 Å². The van der Waals surface area contributed by atoms with Crippen LogP contribution in [0.1, 0.15) is 41.5 Å². The van der Waals surface area contributed by atoms with Gasteiger partial charge in [0.1, 0.15) is 11.5 Å². The third kappa shape index (κ3) is 3.99. The lowest BCUT2D eigenvalue weighted by Gasteiger charge is -2.57. The first-order valence-electron chi connectivity index (χ1n) is 11.2. The van der Waals surface area contributed by atoms with E-state index in [9.17, 15) is 18.0 Å². The minimum atomic E-state index is -4.43. The first-order valence-corrected chi connectivity index (χ1v) is 11.2. The number of hydrogen-bond donors (Lipinski definition) is 1. The molecule has 8 nitrogen and oxygen atoms in total. The molecule has 6 rings (SSSR count). The number of piperidine rings is 2. The fourth-order valence-electron chi connectivity index (χ4n) is 4.93. The number of amides is 1. The summed E-state index contributed by atoms with van der Waals surface area (Å²) >= 11 is 0. The molecule has 0 radical (unpaired) electrons. The zero-order valence-electron chi connectivity index (χ0n) is 18.7. The van der Waals surface area contributed by atoms with Gasteiger partial charge in [0.25, 0.3) is 5.91 Å². The van der Waals surface area contributed by atoms with E-state index in [2.05, 4.69) is 32.4 Å². The van der Waals surface area contributed by atoms with Gasteiger partial charge in [0, 0.05) is 24.5 Å². The molecule has 3 aromatic heterocycles. The molecule has 2 saturated heterocycles. The number of rotatable bonds is 5. The maximum absolute atomic E-state index is 13.9. The summed E-state index contributed by atoms with van der Waals surface area (Å²) < 4.78 is 38.5. The maximum atomic E-state index is 13.9. The second-order valence-electron chi connectivity index (χ2n) is 8.97. The number of anilines is 1. The number of carbonyl (C=O) groups is 1. The summed E-state index contributed by atoms with van der Waals surface area (Å²) in [6, 6.07) is 5.85. The summed E-state index contributed by atoms with van der Waals surface area (Å²) in [5.74, 6) is 0.867. The molecular formula is C23H24F3N7O. The average Bonchev–Trinajstić information content (AvgIpc) is 3.31. The number of hydrogen-bond acceptors (Lipinski definition) is 6. The molecule has 3 aromatic rings. The van der Waals surface area contributed by atoms with Crippen molar-refractivity contribution in [1.82, 2.24) is 29.9 Å². The number of nitrogens with zero attached hydrogens (tertiary/aromatic N) is 6. The predicted octanol–water partition coefficient (Wildman–Crippen LogP) is 3.74. The van der Waals surface area contributed by atoms with Crippen LogP contribution in [0.4, 0.5) is 19.0 Å². The Morgan fingerprint density at radius 1 is 1.15 bits per heavy atom. The van der Waals surface area contributed by atoms with Crippen LogP contribution in [0.15, 0.2) is 42.9 Å². The van der Waals surface area contributed by atoms with Crippen LogP contribution < -0.4 is 5.32 Å². The molecule has 0 unspecified atom stereocenters. The minimum Gasteiger partial charge on any atom is -0.368 e. The highest BCUT2D eigenvalue weighted by Crippen LogP contribution is 2.47. The second kappa shape index (κ2) is 8.37. The minimum absolute atomic E-state index is 0.0989. The van der Waals surface area contributed by atoms with Gasteiger partial charge in [-0.05, 0) is 55.9 Å². The van der Waals surface area contributed by atoms with E-state index in [-0.39, 0.29) is 29.6 Å². The summed E-state index contributed by atoms with van der Waals surface area (Å²) in [4.78, 5) is 25.6. The summed E-state index contributed by atoms with van der Waals surface area (Å²) in [5.41, 5.74) is 0.698. The van der Waals surface area contributed by atoms with Crippen LogP contribution in [0.2, 0.25) is 0 Å². The van der Waals surface area contributed by atoms with Gasteiger partial charge in [-0.2, -0.15) is 23.4 Å². The van der Waals surface area contributed by atoms with E-state index in [4.69, 9.17) is 0 Å². The molecule has 1 N–H and O–H groups in total. The lowest BCUT2D eigenvalue weighted by Crippen LogP contribution is -2.64. The predicted molar refractivity (Wildman–Crippen MR) is 117 cm³/mol. The highest BCUT2D eigenvalue weighted by Gasteiger charge is 2.51. The van der Waals surface area contributed by atoms with Crippen molar-refractivity contribution in [3.05, 3.63) is 59.8 Å². The van der Waals surface area contributed by atoms with Gasteiger partial charge >= 0.3 is 6.18 Å². The first-order chi connectivity index (χ1) is 16.2. The number of alkyl halides is 3. The zero-order valence-corrected chi connectivity index (χ0v) is 18.7. The van der Waals surface area contributed by atoms with Gasteiger partial charge < -0.3 is 10.2 Å². The Hall–Kier alpha value is -3.50. The molecule has 1 amide bonds. The summed E-state index contributed by atoms with van der Waals surface area (Å²) in [6.07, 6.45) is 1.32. The summed E-state index contributed by atoms with van der Waals surface area (Å²) in [6.45, 7) is 4.32. The Balaban J connectivity index is 1.40. The molecule has 0 spiro atoms. The number of halogens is 3. The summed E-state index contributed by atoms with van der Waals surface area (Å²) in [7, 11) is 0. The number of pyridine rings is 2. The topological polar surface area (TPSA) is 88.8 Å². The quantitative estimate of drug-likeness (QED) is 0.610. The van der Waals surface area contributed by atoms with Crippen LogP contribution in [0.5, 0.6) is 0 Å². The molecule has 1 aliphatic carbocycles. The van der Waals surface area contributed by atoms with Crippen molar-refractivity contribution >= 4 is 11.7 Å². The van der Waals surface area contributed by atoms with Crippen molar-refractivity contribution in [2.24, 2.45) is 11.8 Å². The van der Waals surface area contributed by atoms with Gasteiger partial charge in [0.15, 0.2) is 5.69 Å². The van der Waals surface area contributed by atoms with E-state index in [0.29, 0.717) is 29.7 Å². The van der Waals surface area contributed by atoms with Crippen molar-refractivity contribution in [1.29, 1.82) is 0 Å². The highest BCUT2D eigenvalue weighted by molar-refractivity contribution is 5.96. The number of aryl methyl sites for hydroxylation is 1.